The summed E-state index contributed by atoms with van der Waals surface area (Å²) in [5.41, 5.74) is 0. The van der Waals surface area contributed by atoms with Crippen LogP contribution in [0.2, 0.25) is 0 Å². The largest absolute Gasteiger partial charge is 0.312 e. The summed E-state index contributed by atoms with van der Waals surface area (Å²) in [5, 5.41) is 0. The van der Waals surface area contributed by atoms with Crippen molar-refractivity contribution in [2.75, 3.05) is 6.54 Å². The Kier molecular flexibility index (Phi) is 2.75. The van der Waals surface area contributed by atoms with Gasteiger partial charge in [-0.1, -0.05) is 34.8 Å². The van der Waals surface area contributed by atoms with Gasteiger partial charge < -0.3 is 4.85 Å². The molecular weight excluding hydrogens is 156 g/mol. The number of nitrogens with zero attached hydrogens (tertiary/aromatic N) is 1. The van der Waals surface area contributed by atoms with Crippen molar-refractivity contribution in [3.63, 3.8) is 0 Å². The van der Waals surface area contributed by atoms with Gasteiger partial charge in [0.1, 0.15) is 0 Å². The molecule has 0 unspecified atom stereocenters. The first kappa shape index (κ1) is 7.36. The van der Waals surface area contributed by atoms with Gasteiger partial charge in [0.15, 0.2) is 0 Å². The molecule has 0 bridgehead atoms. The van der Waals surface area contributed by atoms with Crippen molar-refractivity contribution in [2.24, 2.45) is 0 Å². The molecule has 7 heavy (non-hydrogen) atoms. The molecule has 0 saturated carbocycles. The minimum atomic E-state index is -1.39. The van der Waals surface area contributed by atoms with Gasteiger partial charge in [-0.25, -0.2) is 6.57 Å². The summed E-state index contributed by atoms with van der Waals surface area (Å²) in [6, 6.07) is 0. The van der Waals surface area contributed by atoms with Crippen molar-refractivity contribution in [3.05, 3.63) is 11.4 Å². The predicted octanol–water partition coefficient (Wildman–Crippen LogP) is 2.28. The maximum atomic E-state index is 6.23. The Balaban J connectivity index is 3.40. The number of hydrogen-bond donors (Lipinski definition) is 0. The molecule has 40 valence electrons. The third-order valence-corrected chi connectivity index (χ3v) is 0.617. The minimum Gasteiger partial charge on any atom is -0.312 e. The fourth-order valence-electron chi connectivity index (χ4n) is 0.0896. The van der Waals surface area contributed by atoms with Gasteiger partial charge in [0, 0.05) is 0 Å². The van der Waals surface area contributed by atoms with E-state index in [4.69, 9.17) is 41.4 Å². The Hall–Kier alpha value is 0.360. The molecule has 0 spiro atoms. The second-order valence-corrected chi connectivity index (χ2v) is 3.45. The second kappa shape index (κ2) is 2.61. The predicted molar refractivity (Wildman–Crippen MR) is 31.8 cm³/mol. The van der Waals surface area contributed by atoms with E-state index >= 15 is 0 Å². The molecule has 0 N–H and O–H groups in total. The fraction of sp³-hybridized carbons (Fsp3) is 0.667. The highest BCUT2D eigenvalue weighted by molar-refractivity contribution is 6.67. The summed E-state index contributed by atoms with van der Waals surface area (Å²) in [5.74, 6) is 0. The molecule has 0 aromatic carbocycles. The molecule has 0 aliphatic carbocycles. The molecule has 0 fully saturated rings. The monoisotopic (exact) mass is 157 g/mol. The summed E-state index contributed by atoms with van der Waals surface area (Å²) in [7, 11) is 0. The van der Waals surface area contributed by atoms with E-state index in [-0.39, 0.29) is 6.54 Å². The van der Waals surface area contributed by atoms with Crippen LogP contribution in [0.25, 0.3) is 4.85 Å². The van der Waals surface area contributed by atoms with Crippen molar-refractivity contribution in [1.82, 2.24) is 0 Å². The van der Waals surface area contributed by atoms with Crippen LogP contribution in [0.4, 0.5) is 0 Å². The molecule has 0 aromatic rings. The van der Waals surface area contributed by atoms with Crippen molar-refractivity contribution in [2.45, 2.75) is 3.79 Å². The molecule has 0 aliphatic rings. The lowest BCUT2D eigenvalue weighted by Crippen LogP contribution is -2.03. The third kappa shape index (κ3) is 6.36. The topological polar surface area (TPSA) is 4.36 Å². The number of rotatable bonds is 0. The summed E-state index contributed by atoms with van der Waals surface area (Å²) in [6.45, 7) is 6.16. The van der Waals surface area contributed by atoms with E-state index in [2.05, 4.69) is 4.85 Å². The van der Waals surface area contributed by atoms with Gasteiger partial charge in [-0.15, -0.1) is 0 Å². The van der Waals surface area contributed by atoms with E-state index in [1.807, 2.05) is 0 Å². The maximum Gasteiger partial charge on any atom is 0.262 e. The zero-order valence-corrected chi connectivity index (χ0v) is 5.56. The van der Waals surface area contributed by atoms with Gasteiger partial charge in [0.05, 0.1) is 0 Å². The minimum absolute atomic E-state index is 0.0718. The summed E-state index contributed by atoms with van der Waals surface area (Å²) >= 11 is 15.5. The second-order valence-electron chi connectivity index (χ2n) is 0.931. The zero-order valence-electron chi connectivity index (χ0n) is 3.29. The Morgan fingerprint density at radius 3 is 1.86 bits per heavy atom. The Labute approximate surface area is 57.0 Å². The first-order valence-corrected chi connectivity index (χ1v) is 2.59. The smallest absolute Gasteiger partial charge is 0.262 e. The average molecular weight is 158 g/mol. The lowest BCUT2D eigenvalue weighted by molar-refractivity contribution is 1.17. The molecule has 0 radical (unpaired) electrons. The van der Waals surface area contributed by atoms with Gasteiger partial charge in [-0.2, -0.15) is 0 Å². The Morgan fingerprint density at radius 2 is 1.86 bits per heavy atom. The van der Waals surface area contributed by atoms with E-state index in [1.54, 1.807) is 0 Å². The van der Waals surface area contributed by atoms with Crippen LogP contribution in [0.1, 0.15) is 0 Å². The van der Waals surface area contributed by atoms with E-state index in [0.29, 0.717) is 0 Å². The molecule has 0 amide bonds. The Morgan fingerprint density at radius 1 is 1.43 bits per heavy atom. The first-order valence-electron chi connectivity index (χ1n) is 1.46. The van der Waals surface area contributed by atoms with Crippen LogP contribution in [0.15, 0.2) is 0 Å². The van der Waals surface area contributed by atoms with Crippen molar-refractivity contribution in [1.29, 1.82) is 0 Å². The maximum absolute atomic E-state index is 6.23. The molecule has 0 aromatic heterocycles. The van der Waals surface area contributed by atoms with Gasteiger partial charge in [0.2, 0.25) is 0 Å². The van der Waals surface area contributed by atoms with Crippen LogP contribution in [0.5, 0.6) is 0 Å². The van der Waals surface area contributed by atoms with Crippen LogP contribution in [-0.2, 0) is 0 Å². The number of hydrogen-bond acceptors (Lipinski definition) is 0. The highest BCUT2D eigenvalue weighted by atomic mass is 35.6. The van der Waals surface area contributed by atoms with Gasteiger partial charge in [0.25, 0.3) is 10.3 Å². The van der Waals surface area contributed by atoms with Crippen molar-refractivity contribution < 1.29 is 0 Å². The fourth-order valence-corrected chi connectivity index (χ4v) is 0.269. The molecular formula is C3H2Cl3N. The first-order chi connectivity index (χ1) is 3.06. The average Bonchev–Trinajstić information content (AvgIpc) is 1.30. The summed E-state index contributed by atoms with van der Waals surface area (Å²) in [6.07, 6.45) is 0. The lowest BCUT2D eigenvalue weighted by atomic mass is 10.8. The van der Waals surface area contributed by atoms with E-state index in [0.717, 1.165) is 0 Å². The molecule has 0 saturated heterocycles. The summed E-state index contributed by atoms with van der Waals surface area (Å²) < 4.78 is -1.39. The SMILES string of the molecule is [C-]#[N+]CC(Cl)(Cl)Cl. The van der Waals surface area contributed by atoms with Crippen LogP contribution < -0.4 is 0 Å². The summed E-state index contributed by atoms with van der Waals surface area (Å²) in [4.78, 5) is 2.86. The number of alkyl halides is 3. The van der Waals surface area contributed by atoms with E-state index in [1.165, 1.54) is 0 Å². The third-order valence-electron chi connectivity index (χ3n) is 0.258. The molecule has 1 nitrogen and oxygen atoms in total. The van der Waals surface area contributed by atoms with Crippen molar-refractivity contribution >= 4 is 34.8 Å². The standard InChI is InChI=1S/C3H2Cl3N/c1-7-2-3(4,5)6/h2H2. The Bertz CT molecular complexity index is 87.3. The molecule has 4 heteroatoms. The van der Waals surface area contributed by atoms with Crippen LogP contribution >= 0.6 is 34.8 Å². The van der Waals surface area contributed by atoms with Crippen molar-refractivity contribution in [3.8, 4) is 0 Å². The van der Waals surface area contributed by atoms with Crippen LogP contribution in [0.3, 0.4) is 0 Å². The molecule has 0 aliphatic heterocycles. The van der Waals surface area contributed by atoms with Crippen LogP contribution in [0, 0.1) is 6.57 Å². The van der Waals surface area contributed by atoms with Gasteiger partial charge in [-0.3, -0.25) is 0 Å². The number of halogens is 3. The normalized spacial score (nSPS) is 10.6. The van der Waals surface area contributed by atoms with E-state index < -0.39 is 3.79 Å². The highest BCUT2D eigenvalue weighted by Gasteiger charge is 2.22. The van der Waals surface area contributed by atoms with Gasteiger partial charge in [-0.05, 0) is 0 Å². The van der Waals surface area contributed by atoms with Gasteiger partial charge >= 0.3 is 0 Å². The molecule has 0 atom stereocenters. The zero-order chi connectivity index (χ0) is 5.91. The van der Waals surface area contributed by atoms with E-state index in [9.17, 15) is 0 Å². The molecule has 0 rings (SSSR count). The molecule has 0 heterocycles. The quantitative estimate of drug-likeness (QED) is 0.376. The van der Waals surface area contributed by atoms with Crippen LogP contribution in [-0.4, -0.2) is 10.3 Å². The highest BCUT2D eigenvalue weighted by Crippen LogP contribution is 2.25. The lowest BCUT2D eigenvalue weighted by Gasteiger charge is -1.97.